The molecule has 0 amide bonds. The third-order valence-electron chi connectivity index (χ3n) is 4.86. The molecule has 2 rings (SSSR count). The van der Waals surface area contributed by atoms with Gasteiger partial charge in [0.25, 0.3) is 0 Å². The normalized spacial score (nSPS) is 16.6. The van der Waals surface area contributed by atoms with E-state index in [1.807, 2.05) is 6.07 Å². The van der Waals surface area contributed by atoms with Gasteiger partial charge in [0.15, 0.2) is 0 Å². The molecule has 1 aliphatic heterocycles. The van der Waals surface area contributed by atoms with E-state index in [1.54, 1.807) is 0 Å². The van der Waals surface area contributed by atoms with Crippen LogP contribution < -0.4 is 4.74 Å². The van der Waals surface area contributed by atoms with Gasteiger partial charge in [0.2, 0.25) is 0 Å². The van der Waals surface area contributed by atoms with Crippen molar-refractivity contribution in [2.45, 2.75) is 32.9 Å². The van der Waals surface area contributed by atoms with Crippen molar-refractivity contribution in [3.8, 4) is 5.75 Å². The summed E-state index contributed by atoms with van der Waals surface area (Å²) in [4.78, 5) is 4.71. The van der Waals surface area contributed by atoms with Crippen molar-refractivity contribution < 1.29 is 22.6 Å². The van der Waals surface area contributed by atoms with E-state index in [2.05, 4.69) is 40.5 Å². The lowest BCUT2D eigenvalue weighted by molar-refractivity contribution is -0.174. The number of nitrogens with zero attached hydrogens (tertiary/aromatic N) is 2. The van der Waals surface area contributed by atoms with Gasteiger partial charge in [-0.25, -0.2) is 0 Å². The first kappa shape index (κ1) is 22.0. The maximum Gasteiger partial charge on any atom is 0.411 e. The van der Waals surface area contributed by atoms with Gasteiger partial charge in [-0.15, -0.1) is 0 Å². The van der Waals surface area contributed by atoms with E-state index in [0.717, 1.165) is 51.4 Å². The van der Waals surface area contributed by atoms with Gasteiger partial charge in [-0.05, 0) is 49.9 Å². The van der Waals surface area contributed by atoms with Crippen LogP contribution in [0, 0.1) is 13.8 Å². The molecule has 1 aromatic carbocycles. The maximum atomic E-state index is 12.0. The number of halogens is 3. The number of ether oxygens (including phenoxy) is 2. The highest BCUT2D eigenvalue weighted by molar-refractivity contribution is 5.33. The molecular weight excluding hydrogens is 357 g/mol. The Morgan fingerprint density at radius 3 is 2.04 bits per heavy atom. The van der Waals surface area contributed by atoms with Crippen LogP contribution in [0.5, 0.6) is 5.75 Å². The zero-order valence-corrected chi connectivity index (χ0v) is 16.4. The lowest BCUT2D eigenvalue weighted by atomic mass is 10.1. The van der Waals surface area contributed by atoms with Gasteiger partial charge in [0.1, 0.15) is 12.4 Å². The fourth-order valence-corrected chi connectivity index (χ4v) is 3.10. The van der Waals surface area contributed by atoms with E-state index in [0.29, 0.717) is 13.0 Å². The van der Waals surface area contributed by atoms with Crippen LogP contribution in [0.1, 0.15) is 24.0 Å². The Kier molecular flexibility index (Phi) is 8.86. The van der Waals surface area contributed by atoms with Crippen LogP contribution in [0.3, 0.4) is 0 Å². The molecule has 0 atom stereocenters. The predicted octanol–water partition coefficient (Wildman–Crippen LogP) is 3.66. The molecule has 27 heavy (non-hydrogen) atoms. The Morgan fingerprint density at radius 2 is 1.48 bits per heavy atom. The van der Waals surface area contributed by atoms with Crippen LogP contribution in [-0.2, 0) is 4.74 Å². The van der Waals surface area contributed by atoms with Crippen LogP contribution in [0.2, 0.25) is 0 Å². The zero-order chi connectivity index (χ0) is 19.7. The lowest BCUT2D eigenvalue weighted by Gasteiger charge is -2.34. The molecule has 0 N–H and O–H groups in total. The predicted molar refractivity (Wildman–Crippen MR) is 100 cm³/mol. The van der Waals surface area contributed by atoms with E-state index < -0.39 is 12.8 Å². The number of hydrogen-bond donors (Lipinski definition) is 0. The molecule has 0 aromatic heterocycles. The monoisotopic (exact) mass is 388 g/mol. The SMILES string of the molecule is Cc1ccc(OCCCN2CCN(CCCOCC(F)(F)F)CC2)cc1C. The summed E-state index contributed by atoms with van der Waals surface area (Å²) < 4.78 is 46.4. The number of hydrogen-bond acceptors (Lipinski definition) is 4. The van der Waals surface area contributed by atoms with Crippen LogP contribution in [0.25, 0.3) is 0 Å². The van der Waals surface area contributed by atoms with Gasteiger partial charge in [0, 0.05) is 45.9 Å². The first-order valence-corrected chi connectivity index (χ1v) is 9.63. The Bertz CT molecular complexity index is 559. The van der Waals surface area contributed by atoms with E-state index >= 15 is 0 Å². The molecule has 7 heteroatoms. The molecule has 1 saturated heterocycles. The van der Waals surface area contributed by atoms with Crippen molar-refractivity contribution in [2.24, 2.45) is 0 Å². The quantitative estimate of drug-likeness (QED) is 0.571. The fraction of sp³-hybridized carbons (Fsp3) is 0.700. The minimum absolute atomic E-state index is 0.162. The number of alkyl halides is 3. The van der Waals surface area contributed by atoms with Gasteiger partial charge in [0.05, 0.1) is 6.61 Å². The highest BCUT2D eigenvalue weighted by Crippen LogP contribution is 2.17. The summed E-state index contributed by atoms with van der Waals surface area (Å²) in [5, 5.41) is 0. The minimum atomic E-state index is -4.23. The highest BCUT2D eigenvalue weighted by atomic mass is 19.4. The highest BCUT2D eigenvalue weighted by Gasteiger charge is 2.27. The molecule has 0 aliphatic carbocycles. The van der Waals surface area contributed by atoms with Crippen LogP contribution in [0.15, 0.2) is 18.2 Å². The van der Waals surface area contributed by atoms with E-state index in [9.17, 15) is 13.2 Å². The van der Waals surface area contributed by atoms with Gasteiger partial charge >= 0.3 is 6.18 Å². The third kappa shape index (κ3) is 8.95. The number of aryl methyl sites for hydroxylation is 2. The van der Waals surface area contributed by atoms with Crippen molar-refractivity contribution in [3.63, 3.8) is 0 Å². The summed E-state index contributed by atoms with van der Waals surface area (Å²) in [6, 6.07) is 6.17. The molecule has 0 saturated carbocycles. The van der Waals surface area contributed by atoms with Gasteiger partial charge < -0.3 is 19.3 Å². The van der Waals surface area contributed by atoms with E-state index in [4.69, 9.17) is 4.74 Å². The Morgan fingerprint density at radius 1 is 0.889 bits per heavy atom. The summed E-state index contributed by atoms with van der Waals surface area (Å²) >= 11 is 0. The number of rotatable bonds is 10. The summed E-state index contributed by atoms with van der Waals surface area (Å²) in [7, 11) is 0. The molecule has 0 unspecified atom stereocenters. The Hall–Kier alpha value is -1.31. The molecule has 1 fully saturated rings. The molecule has 0 radical (unpaired) electrons. The number of benzene rings is 1. The second-order valence-corrected chi connectivity index (χ2v) is 7.15. The van der Waals surface area contributed by atoms with Gasteiger partial charge in [-0.1, -0.05) is 6.07 Å². The Balaban J connectivity index is 1.50. The van der Waals surface area contributed by atoms with Gasteiger partial charge in [-0.2, -0.15) is 13.2 Å². The molecule has 1 heterocycles. The molecule has 1 aliphatic rings. The van der Waals surface area contributed by atoms with E-state index in [-0.39, 0.29) is 6.61 Å². The standard InChI is InChI=1S/C20H31F3N2O2/c1-17-5-6-19(15-18(17)2)27-14-4-8-25-11-9-24(10-12-25)7-3-13-26-16-20(21,22)23/h5-6,15H,3-4,7-14,16H2,1-2H3. The molecule has 0 bridgehead atoms. The topological polar surface area (TPSA) is 24.9 Å². The molecule has 4 nitrogen and oxygen atoms in total. The average molecular weight is 388 g/mol. The second kappa shape index (κ2) is 10.9. The van der Waals surface area contributed by atoms with Crippen LogP contribution in [0.4, 0.5) is 13.2 Å². The first-order chi connectivity index (χ1) is 12.8. The van der Waals surface area contributed by atoms with Crippen molar-refractivity contribution in [1.29, 1.82) is 0 Å². The smallest absolute Gasteiger partial charge is 0.411 e. The summed E-state index contributed by atoms with van der Waals surface area (Å²) in [6.45, 7) is 9.60. The van der Waals surface area contributed by atoms with Crippen LogP contribution in [-0.4, -0.2) is 75.1 Å². The van der Waals surface area contributed by atoms with Crippen LogP contribution >= 0.6 is 0 Å². The average Bonchev–Trinajstić information content (AvgIpc) is 2.61. The summed E-state index contributed by atoms with van der Waals surface area (Å²) in [6.07, 6.45) is -2.61. The van der Waals surface area contributed by atoms with E-state index in [1.165, 1.54) is 11.1 Å². The van der Waals surface area contributed by atoms with Crippen molar-refractivity contribution >= 4 is 0 Å². The second-order valence-electron chi connectivity index (χ2n) is 7.15. The van der Waals surface area contributed by atoms with Gasteiger partial charge in [-0.3, -0.25) is 0 Å². The Labute approximate surface area is 160 Å². The molecule has 154 valence electrons. The summed E-state index contributed by atoms with van der Waals surface area (Å²) in [5.41, 5.74) is 2.51. The lowest BCUT2D eigenvalue weighted by Crippen LogP contribution is -2.47. The van der Waals surface area contributed by atoms with Crippen molar-refractivity contribution in [1.82, 2.24) is 9.80 Å². The molecule has 1 aromatic rings. The number of piperazine rings is 1. The minimum Gasteiger partial charge on any atom is -0.494 e. The first-order valence-electron chi connectivity index (χ1n) is 9.63. The third-order valence-corrected chi connectivity index (χ3v) is 4.86. The molecular formula is C20H31F3N2O2. The zero-order valence-electron chi connectivity index (χ0n) is 16.4. The van der Waals surface area contributed by atoms with Crippen molar-refractivity contribution in [2.75, 3.05) is 59.1 Å². The molecule has 0 spiro atoms. The maximum absolute atomic E-state index is 12.0. The fourth-order valence-electron chi connectivity index (χ4n) is 3.10. The van der Waals surface area contributed by atoms with Crippen molar-refractivity contribution in [3.05, 3.63) is 29.3 Å². The summed E-state index contributed by atoms with van der Waals surface area (Å²) in [5.74, 6) is 0.927. The largest absolute Gasteiger partial charge is 0.494 e.